The quantitative estimate of drug-likeness (QED) is 0.399. The predicted molar refractivity (Wildman–Crippen MR) is 66.6 cm³/mol. The van der Waals surface area contributed by atoms with Crippen LogP contribution in [0.15, 0.2) is 4.99 Å². The van der Waals surface area contributed by atoms with E-state index in [0.717, 1.165) is 0 Å². The van der Waals surface area contributed by atoms with Gasteiger partial charge in [-0.3, -0.25) is 4.99 Å². The molecule has 16 heavy (non-hydrogen) atoms. The van der Waals surface area contributed by atoms with Crippen molar-refractivity contribution >= 4 is 5.96 Å². The highest BCUT2D eigenvalue weighted by atomic mass is 16.5. The average Bonchev–Trinajstić information content (AvgIpc) is 2.17. The van der Waals surface area contributed by atoms with Crippen molar-refractivity contribution in [3.63, 3.8) is 0 Å². The molecule has 5 nitrogen and oxygen atoms in total. The molecule has 0 bridgehead atoms. The minimum Gasteiger partial charge on any atom is -0.383 e. The van der Waals surface area contributed by atoms with Gasteiger partial charge < -0.3 is 20.5 Å². The van der Waals surface area contributed by atoms with Crippen LogP contribution in [0.2, 0.25) is 0 Å². The van der Waals surface area contributed by atoms with Gasteiger partial charge in [0.25, 0.3) is 0 Å². The summed E-state index contributed by atoms with van der Waals surface area (Å²) in [5, 5.41) is 2.96. The van der Waals surface area contributed by atoms with Crippen LogP contribution in [-0.2, 0) is 9.47 Å². The first-order valence-corrected chi connectivity index (χ1v) is 5.47. The molecule has 0 amide bonds. The number of ether oxygens (including phenoxy) is 2. The summed E-state index contributed by atoms with van der Waals surface area (Å²) >= 11 is 0. The highest BCUT2D eigenvalue weighted by Gasteiger charge is 2.23. The Bertz CT molecular complexity index is 212. The number of nitrogens with zero attached hydrogens (tertiary/aromatic N) is 1. The first-order chi connectivity index (χ1) is 7.41. The third-order valence-electron chi connectivity index (χ3n) is 2.29. The zero-order chi connectivity index (χ0) is 12.6. The van der Waals surface area contributed by atoms with Crippen molar-refractivity contribution in [1.29, 1.82) is 0 Å². The average molecular weight is 231 g/mol. The molecule has 5 heteroatoms. The van der Waals surface area contributed by atoms with Gasteiger partial charge >= 0.3 is 0 Å². The van der Waals surface area contributed by atoms with Gasteiger partial charge in [0, 0.05) is 20.8 Å². The van der Waals surface area contributed by atoms with E-state index in [1.807, 2.05) is 0 Å². The molecule has 1 atom stereocenters. The van der Waals surface area contributed by atoms with Crippen LogP contribution in [0.4, 0.5) is 0 Å². The molecule has 0 aliphatic carbocycles. The van der Waals surface area contributed by atoms with Crippen molar-refractivity contribution < 1.29 is 9.47 Å². The van der Waals surface area contributed by atoms with E-state index >= 15 is 0 Å². The molecule has 0 aromatic heterocycles. The molecule has 0 aromatic carbocycles. The summed E-state index contributed by atoms with van der Waals surface area (Å²) in [4.78, 5) is 4.24. The first-order valence-electron chi connectivity index (χ1n) is 5.47. The molecule has 96 valence electrons. The maximum absolute atomic E-state index is 5.69. The summed E-state index contributed by atoms with van der Waals surface area (Å²) in [7, 11) is 3.34. The molecule has 0 aliphatic heterocycles. The van der Waals surface area contributed by atoms with Crippen molar-refractivity contribution in [2.45, 2.75) is 26.9 Å². The summed E-state index contributed by atoms with van der Waals surface area (Å²) in [6.07, 6.45) is 0.0651. The maximum atomic E-state index is 5.69. The topological polar surface area (TPSA) is 68.9 Å². The van der Waals surface area contributed by atoms with E-state index in [0.29, 0.717) is 25.7 Å². The summed E-state index contributed by atoms with van der Waals surface area (Å²) in [6, 6.07) is 0. The zero-order valence-electron chi connectivity index (χ0n) is 11.0. The Labute approximate surface area is 98.4 Å². The molecule has 0 fully saturated rings. The van der Waals surface area contributed by atoms with Gasteiger partial charge in [-0.25, -0.2) is 0 Å². The van der Waals surface area contributed by atoms with Gasteiger partial charge in [0.15, 0.2) is 5.96 Å². The molecule has 3 N–H and O–H groups in total. The van der Waals surface area contributed by atoms with Crippen LogP contribution in [0.1, 0.15) is 20.8 Å². The number of guanidine groups is 1. The highest BCUT2D eigenvalue weighted by molar-refractivity contribution is 5.77. The Balaban J connectivity index is 4.02. The van der Waals surface area contributed by atoms with E-state index < -0.39 is 0 Å². The van der Waals surface area contributed by atoms with Gasteiger partial charge in [-0.15, -0.1) is 0 Å². The van der Waals surface area contributed by atoms with E-state index in [1.54, 1.807) is 14.2 Å². The lowest BCUT2D eigenvalue weighted by atomic mass is 9.89. The predicted octanol–water partition coefficient (Wildman–Crippen LogP) is 0.598. The summed E-state index contributed by atoms with van der Waals surface area (Å²) < 4.78 is 10.3. The molecule has 0 rings (SSSR count). The lowest BCUT2D eigenvalue weighted by Gasteiger charge is -2.27. The van der Waals surface area contributed by atoms with Crippen molar-refractivity contribution in [3.05, 3.63) is 0 Å². The number of nitrogens with one attached hydrogen (secondary N) is 1. The second-order valence-corrected chi connectivity index (χ2v) is 4.74. The van der Waals surface area contributed by atoms with Crippen molar-refractivity contribution in [2.75, 3.05) is 33.9 Å². The minimum absolute atomic E-state index is 0.0606. The number of aliphatic imine (C=N–C) groups is 1. The van der Waals surface area contributed by atoms with E-state index in [1.165, 1.54) is 0 Å². The summed E-state index contributed by atoms with van der Waals surface area (Å²) in [5.41, 5.74) is 5.75. The van der Waals surface area contributed by atoms with Gasteiger partial charge in [-0.1, -0.05) is 20.8 Å². The van der Waals surface area contributed by atoms with E-state index in [2.05, 4.69) is 31.1 Å². The van der Waals surface area contributed by atoms with E-state index in [4.69, 9.17) is 15.2 Å². The van der Waals surface area contributed by atoms with Crippen LogP contribution in [0.5, 0.6) is 0 Å². The lowest BCUT2D eigenvalue weighted by molar-refractivity contribution is 0.0241. The SMILES string of the molecule is COCCNC(N)=NCC(OC)C(C)(C)C. The number of rotatable bonds is 6. The molecule has 0 spiro atoms. The number of hydrogen-bond acceptors (Lipinski definition) is 3. The number of hydrogen-bond donors (Lipinski definition) is 2. The second kappa shape index (κ2) is 7.46. The van der Waals surface area contributed by atoms with Gasteiger partial charge in [-0.05, 0) is 5.41 Å². The highest BCUT2D eigenvalue weighted by Crippen LogP contribution is 2.21. The van der Waals surface area contributed by atoms with Crippen LogP contribution in [-0.4, -0.2) is 46.0 Å². The zero-order valence-corrected chi connectivity index (χ0v) is 11.0. The van der Waals surface area contributed by atoms with Crippen molar-refractivity contribution in [1.82, 2.24) is 5.32 Å². The monoisotopic (exact) mass is 231 g/mol. The Morgan fingerprint density at radius 1 is 1.38 bits per heavy atom. The number of nitrogens with two attached hydrogens (primary N) is 1. The molecule has 0 heterocycles. The van der Waals surface area contributed by atoms with Crippen LogP contribution in [0, 0.1) is 5.41 Å². The third-order valence-corrected chi connectivity index (χ3v) is 2.29. The van der Waals surface area contributed by atoms with Crippen molar-refractivity contribution in [2.24, 2.45) is 16.1 Å². The lowest BCUT2D eigenvalue weighted by Crippen LogP contribution is -2.37. The fraction of sp³-hybridized carbons (Fsp3) is 0.909. The Morgan fingerprint density at radius 2 is 2.00 bits per heavy atom. The largest absolute Gasteiger partial charge is 0.383 e. The number of methoxy groups -OCH3 is 2. The summed E-state index contributed by atoms with van der Waals surface area (Å²) in [6.45, 7) is 8.19. The molecule has 0 aliphatic rings. The van der Waals surface area contributed by atoms with Crippen molar-refractivity contribution in [3.8, 4) is 0 Å². The molecule has 1 unspecified atom stereocenters. The maximum Gasteiger partial charge on any atom is 0.188 e. The van der Waals surface area contributed by atoms with Crippen LogP contribution < -0.4 is 11.1 Å². The molecular weight excluding hydrogens is 206 g/mol. The third kappa shape index (κ3) is 6.63. The Morgan fingerprint density at radius 3 is 2.44 bits per heavy atom. The van der Waals surface area contributed by atoms with Crippen LogP contribution in [0.3, 0.4) is 0 Å². The van der Waals surface area contributed by atoms with Gasteiger partial charge in [-0.2, -0.15) is 0 Å². The minimum atomic E-state index is 0.0606. The second-order valence-electron chi connectivity index (χ2n) is 4.74. The molecule has 0 radical (unpaired) electrons. The first kappa shape index (κ1) is 15.2. The molecule has 0 aromatic rings. The smallest absolute Gasteiger partial charge is 0.188 e. The Hall–Kier alpha value is -0.810. The van der Waals surface area contributed by atoms with Crippen LogP contribution in [0.25, 0.3) is 0 Å². The summed E-state index contributed by atoms with van der Waals surface area (Å²) in [5.74, 6) is 0.434. The molecule has 0 saturated carbocycles. The fourth-order valence-corrected chi connectivity index (χ4v) is 1.22. The van der Waals surface area contributed by atoms with Gasteiger partial charge in [0.1, 0.15) is 0 Å². The normalized spacial score (nSPS) is 14.9. The molecular formula is C11H25N3O2. The van der Waals surface area contributed by atoms with Crippen LogP contribution >= 0.6 is 0 Å². The van der Waals surface area contributed by atoms with Gasteiger partial charge in [0.2, 0.25) is 0 Å². The standard InChI is InChI=1S/C11H25N3O2/c1-11(2,3)9(16-5)8-14-10(12)13-6-7-15-4/h9H,6-8H2,1-5H3,(H3,12,13,14). The Kier molecular flexibility index (Phi) is 7.08. The molecule has 0 saturated heterocycles. The van der Waals surface area contributed by atoms with E-state index in [-0.39, 0.29) is 11.5 Å². The van der Waals surface area contributed by atoms with Gasteiger partial charge in [0.05, 0.1) is 19.3 Å². The van der Waals surface area contributed by atoms with E-state index in [9.17, 15) is 0 Å². The fourth-order valence-electron chi connectivity index (χ4n) is 1.22.